The molecule has 1 atom stereocenters. The van der Waals surface area contributed by atoms with Gasteiger partial charge < -0.3 is 10.1 Å². The van der Waals surface area contributed by atoms with Crippen molar-refractivity contribution in [1.29, 1.82) is 0 Å². The number of anilines is 1. The quantitative estimate of drug-likeness (QED) is 0.669. The average Bonchev–Trinajstić information content (AvgIpc) is 2.42. The second-order valence-electron chi connectivity index (χ2n) is 4.25. The van der Waals surface area contributed by atoms with E-state index in [-0.39, 0.29) is 6.04 Å². The van der Waals surface area contributed by atoms with Gasteiger partial charge in [0, 0.05) is 16.7 Å². The Morgan fingerprint density at radius 1 is 1.30 bits per heavy atom. The first-order valence-electron chi connectivity index (χ1n) is 5.92. The summed E-state index contributed by atoms with van der Waals surface area (Å²) >= 11 is 13.0. The van der Waals surface area contributed by atoms with Gasteiger partial charge in [0.2, 0.25) is 0 Å². The van der Waals surface area contributed by atoms with Crippen LogP contribution in [0.3, 0.4) is 0 Å². The first-order chi connectivity index (χ1) is 9.51. The molecule has 20 heavy (non-hydrogen) atoms. The van der Waals surface area contributed by atoms with E-state index >= 15 is 0 Å². The van der Waals surface area contributed by atoms with Crippen molar-refractivity contribution in [1.82, 2.24) is 4.98 Å². The van der Waals surface area contributed by atoms with E-state index in [1.54, 1.807) is 13.3 Å². The number of rotatable bonds is 4. The fourth-order valence-electron chi connectivity index (χ4n) is 1.79. The second kappa shape index (κ2) is 6.78. The van der Waals surface area contributed by atoms with Gasteiger partial charge in [-0.1, -0.05) is 17.7 Å². The molecule has 0 spiro atoms. The van der Waals surface area contributed by atoms with Crippen LogP contribution in [0, 0.1) is 0 Å². The van der Waals surface area contributed by atoms with Gasteiger partial charge in [0.05, 0.1) is 17.3 Å². The Morgan fingerprint density at radius 3 is 2.70 bits per heavy atom. The Balaban J connectivity index is 2.21. The zero-order valence-corrected chi connectivity index (χ0v) is 14.9. The number of hydrogen-bond donors (Lipinski definition) is 1. The van der Waals surface area contributed by atoms with Crippen LogP contribution in [0.4, 0.5) is 5.69 Å². The zero-order chi connectivity index (χ0) is 14.7. The topological polar surface area (TPSA) is 34.1 Å². The summed E-state index contributed by atoms with van der Waals surface area (Å²) in [6.07, 6.45) is 1.67. The lowest BCUT2D eigenvalue weighted by Gasteiger charge is -2.17. The molecule has 0 radical (unpaired) electrons. The number of methoxy groups -OCH3 is 1. The SMILES string of the molecule is COc1ccc(C(C)Nc2cc(Br)cnc2Cl)cc1Br. The van der Waals surface area contributed by atoms with E-state index < -0.39 is 0 Å². The van der Waals surface area contributed by atoms with Crippen LogP contribution in [0.25, 0.3) is 0 Å². The molecule has 1 aromatic carbocycles. The Bertz CT molecular complexity index is 622. The highest BCUT2D eigenvalue weighted by Crippen LogP contribution is 2.31. The predicted molar refractivity (Wildman–Crippen MR) is 89.7 cm³/mol. The van der Waals surface area contributed by atoms with Gasteiger partial charge in [0.1, 0.15) is 5.75 Å². The van der Waals surface area contributed by atoms with E-state index in [1.165, 1.54) is 0 Å². The summed E-state index contributed by atoms with van der Waals surface area (Å²) in [4.78, 5) is 4.10. The van der Waals surface area contributed by atoms with Gasteiger partial charge in [-0.25, -0.2) is 4.98 Å². The molecule has 2 aromatic rings. The van der Waals surface area contributed by atoms with Crippen LogP contribution >= 0.6 is 43.5 Å². The van der Waals surface area contributed by atoms with E-state index in [0.717, 1.165) is 25.9 Å². The summed E-state index contributed by atoms with van der Waals surface area (Å²) in [5.74, 6) is 0.808. The maximum Gasteiger partial charge on any atom is 0.152 e. The molecule has 2 rings (SSSR count). The third-order valence-corrected chi connectivity index (χ3v) is 4.21. The van der Waals surface area contributed by atoms with Crippen LogP contribution in [0.15, 0.2) is 39.4 Å². The number of benzene rings is 1. The molecule has 0 aliphatic heterocycles. The third kappa shape index (κ3) is 3.65. The number of halogens is 3. The zero-order valence-electron chi connectivity index (χ0n) is 11.0. The van der Waals surface area contributed by atoms with E-state index in [0.29, 0.717) is 5.15 Å². The van der Waals surface area contributed by atoms with E-state index in [4.69, 9.17) is 16.3 Å². The number of pyridine rings is 1. The summed E-state index contributed by atoms with van der Waals surface area (Å²) in [5, 5.41) is 3.80. The minimum atomic E-state index is 0.0887. The summed E-state index contributed by atoms with van der Waals surface area (Å²) in [6.45, 7) is 2.06. The van der Waals surface area contributed by atoms with Crippen molar-refractivity contribution in [2.75, 3.05) is 12.4 Å². The maximum atomic E-state index is 6.08. The van der Waals surface area contributed by atoms with Crippen molar-refractivity contribution < 1.29 is 4.74 Å². The van der Waals surface area contributed by atoms with Gasteiger partial charge in [-0.05, 0) is 62.5 Å². The molecular formula is C14H13Br2ClN2O. The number of aromatic nitrogens is 1. The van der Waals surface area contributed by atoms with Gasteiger partial charge in [-0.2, -0.15) is 0 Å². The molecule has 0 fully saturated rings. The molecule has 106 valence electrons. The molecule has 1 heterocycles. The predicted octanol–water partition coefficient (Wildman–Crippen LogP) is 5.44. The third-order valence-electron chi connectivity index (χ3n) is 2.85. The molecule has 0 aliphatic carbocycles. The van der Waals surface area contributed by atoms with Gasteiger partial charge in [-0.3, -0.25) is 0 Å². The summed E-state index contributed by atoms with van der Waals surface area (Å²) < 4.78 is 7.03. The molecule has 0 saturated heterocycles. The largest absolute Gasteiger partial charge is 0.496 e. The van der Waals surface area contributed by atoms with Crippen LogP contribution in [0.5, 0.6) is 5.75 Å². The van der Waals surface area contributed by atoms with Crippen molar-refractivity contribution in [3.63, 3.8) is 0 Å². The van der Waals surface area contributed by atoms with Crippen molar-refractivity contribution in [2.45, 2.75) is 13.0 Å². The smallest absolute Gasteiger partial charge is 0.152 e. The minimum absolute atomic E-state index is 0.0887. The highest BCUT2D eigenvalue weighted by Gasteiger charge is 2.11. The lowest BCUT2D eigenvalue weighted by molar-refractivity contribution is 0.412. The molecule has 0 aliphatic rings. The van der Waals surface area contributed by atoms with Crippen LogP contribution in [0.2, 0.25) is 5.15 Å². The molecule has 0 amide bonds. The van der Waals surface area contributed by atoms with Gasteiger partial charge in [0.15, 0.2) is 5.15 Å². The summed E-state index contributed by atoms with van der Waals surface area (Å²) in [5.41, 5.74) is 1.91. The van der Waals surface area contributed by atoms with Crippen molar-refractivity contribution >= 4 is 49.1 Å². The molecule has 1 aromatic heterocycles. The van der Waals surface area contributed by atoms with Crippen LogP contribution in [-0.2, 0) is 0 Å². The second-order valence-corrected chi connectivity index (χ2v) is 6.38. The molecule has 3 nitrogen and oxygen atoms in total. The van der Waals surface area contributed by atoms with Crippen LogP contribution < -0.4 is 10.1 Å². The maximum absolute atomic E-state index is 6.08. The number of nitrogens with one attached hydrogen (secondary N) is 1. The fourth-order valence-corrected chi connectivity index (χ4v) is 2.84. The number of nitrogens with zero attached hydrogens (tertiary/aromatic N) is 1. The highest BCUT2D eigenvalue weighted by molar-refractivity contribution is 9.10. The standard InChI is InChI=1S/C14H13Br2ClN2O/c1-8(9-3-4-13(20-2)11(16)5-9)19-12-6-10(15)7-18-14(12)17/h3-8,19H,1-2H3. The summed E-state index contributed by atoms with van der Waals surface area (Å²) in [6, 6.07) is 7.96. The fraction of sp³-hybridized carbons (Fsp3) is 0.214. The highest BCUT2D eigenvalue weighted by atomic mass is 79.9. The number of ether oxygens (including phenoxy) is 1. The van der Waals surface area contributed by atoms with E-state index in [2.05, 4.69) is 49.1 Å². The normalized spacial score (nSPS) is 12.1. The first-order valence-corrected chi connectivity index (χ1v) is 7.88. The monoisotopic (exact) mass is 418 g/mol. The Labute approximate surface area is 140 Å². The molecule has 0 bridgehead atoms. The molecule has 0 saturated carbocycles. The van der Waals surface area contributed by atoms with Crippen molar-refractivity contribution in [3.05, 3.63) is 50.1 Å². The minimum Gasteiger partial charge on any atom is -0.496 e. The Kier molecular flexibility index (Phi) is 5.29. The molecule has 1 unspecified atom stereocenters. The lowest BCUT2D eigenvalue weighted by atomic mass is 10.1. The Morgan fingerprint density at radius 2 is 2.05 bits per heavy atom. The summed E-state index contributed by atoms with van der Waals surface area (Å²) in [7, 11) is 1.65. The van der Waals surface area contributed by atoms with Crippen LogP contribution in [-0.4, -0.2) is 12.1 Å². The van der Waals surface area contributed by atoms with Crippen molar-refractivity contribution in [2.24, 2.45) is 0 Å². The molecule has 6 heteroatoms. The average molecular weight is 421 g/mol. The Hall–Kier alpha value is -0.780. The lowest BCUT2D eigenvalue weighted by Crippen LogP contribution is -2.07. The van der Waals surface area contributed by atoms with Gasteiger partial charge >= 0.3 is 0 Å². The van der Waals surface area contributed by atoms with Gasteiger partial charge in [0.25, 0.3) is 0 Å². The van der Waals surface area contributed by atoms with Crippen molar-refractivity contribution in [3.8, 4) is 5.75 Å². The van der Waals surface area contributed by atoms with E-state index in [9.17, 15) is 0 Å². The van der Waals surface area contributed by atoms with Crippen LogP contribution in [0.1, 0.15) is 18.5 Å². The number of hydrogen-bond acceptors (Lipinski definition) is 3. The van der Waals surface area contributed by atoms with E-state index in [1.807, 2.05) is 24.3 Å². The first kappa shape index (κ1) is 15.6. The van der Waals surface area contributed by atoms with Gasteiger partial charge in [-0.15, -0.1) is 0 Å². The molecule has 1 N–H and O–H groups in total. The molecular weight excluding hydrogens is 407 g/mol.